The molecule has 0 unspecified atom stereocenters. The maximum Gasteiger partial charge on any atom is 0.351 e. The van der Waals surface area contributed by atoms with Crippen LogP contribution in [0, 0.1) is 6.92 Å². The number of hydrogen-bond acceptors (Lipinski definition) is 9. The molecule has 2 heterocycles. The first-order chi connectivity index (χ1) is 19.8. The number of aryl methyl sites for hydroxylation is 1. The molecule has 0 amide bonds. The van der Waals surface area contributed by atoms with E-state index in [1.54, 1.807) is 55.5 Å². The normalized spacial score (nSPS) is 22.4. The third-order valence-electron chi connectivity index (χ3n) is 7.89. The summed E-state index contributed by atoms with van der Waals surface area (Å²) in [5, 5.41) is 33.9. The number of para-hydroxylation sites is 2. The van der Waals surface area contributed by atoms with Crippen LogP contribution in [0.25, 0.3) is 0 Å². The number of nitrogens with zero attached hydrogens (tertiary/aromatic N) is 2. The standard InChI is InChI=1S/C31H33N3O7/c1-19-17-34(29(38)33-28(19)32)31(27(37)26(36)25(18-35)41-31)30(20-11-5-4-6-12-20,21-13-7-9-15-23(21)39-2)22-14-8-10-16-24(22)40-3/h4-17,25-27,35-37H,18H2,1-3H3,(H2,32,33,38)/t25-,26-,27-,31+/m1/s1. The highest BCUT2D eigenvalue weighted by Gasteiger charge is 2.70. The van der Waals surface area contributed by atoms with E-state index in [2.05, 4.69) is 4.98 Å². The van der Waals surface area contributed by atoms with Crippen molar-refractivity contribution in [1.82, 2.24) is 9.55 Å². The number of nitrogens with two attached hydrogens (primary N) is 1. The topological polar surface area (TPSA) is 149 Å². The number of nitrogen functional groups attached to an aromatic ring is 1. The van der Waals surface area contributed by atoms with Gasteiger partial charge in [-0.05, 0) is 24.6 Å². The summed E-state index contributed by atoms with van der Waals surface area (Å²) in [5.74, 6) is 0.827. The molecule has 1 saturated heterocycles. The van der Waals surface area contributed by atoms with Gasteiger partial charge in [0, 0.05) is 22.9 Å². The van der Waals surface area contributed by atoms with Crippen molar-refractivity contribution in [3.63, 3.8) is 0 Å². The van der Waals surface area contributed by atoms with Gasteiger partial charge in [0.05, 0.1) is 20.8 Å². The average Bonchev–Trinajstić information content (AvgIpc) is 3.26. The van der Waals surface area contributed by atoms with Gasteiger partial charge in [0.1, 0.15) is 41.0 Å². The van der Waals surface area contributed by atoms with Crippen LogP contribution in [-0.2, 0) is 15.9 Å². The summed E-state index contributed by atoms with van der Waals surface area (Å²) in [5.41, 5.74) is 3.36. The molecule has 5 N–H and O–H groups in total. The Labute approximate surface area is 237 Å². The minimum Gasteiger partial charge on any atom is -0.496 e. The van der Waals surface area contributed by atoms with E-state index in [-0.39, 0.29) is 5.82 Å². The highest BCUT2D eigenvalue weighted by Crippen LogP contribution is 2.60. The Kier molecular flexibility index (Phi) is 7.58. The van der Waals surface area contributed by atoms with Crippen molar-refractivity contribution in [2.24, 2.45) is 0 Å². The van der Waals surface area contributed by atoms with Crippen molar-refractivity contribution in [1.29, 1.82) is 0 Å². The van der Waals surface area contributed by atoms with E-state index in [9.17, 15) is 20.1 Å². The number of aliphatic hydroxyl groups excluding tert-OH is 3. The molecule has 4 aromatic rings. The fourth-order valence-corrected chi connectivity index (χ4v) is 6.08. The lowest BCUT2D eigenvalue weighted by molar-refractivity contribution is -0.180. The highest BCUT2D eigenvalue weighted by atomic mass is 16.6. The molecule has 10 heteroatoms. The summed E-state index contributed by atoms with van der Waals surface area (Å²) in [4.78, 5) is 17.9. The van der Waals surface area contributed by atoms with Gasteiger partial charge in [0.2, 0.25) is 0 Å². The number of rotatable bonds is 8. The molecule has 5 rings (SSSR count). The van der Waals surface area contributed by atoms with E-state index in [4.69, 9.17) is 19.9 Å². The molecule has 0 radical (unpaired) electrons. The van der Waals surface area contributed by atoms with Gasteiger partial charge in [0.15, 0.2) is 5.72 Å². The molecule has 214 valence electrons. The van der Waals surface area contributed by atoms with Crippen LogP contribution in [0.15, 0.2) is 89.9 Å². The van der Waals surface area contributed by atoms with Gasteiger partial charge in [-0.25, -0.2) is 4.79 Å². The van der Waals surface area contributed by atoms with E-state index in [1.165, 1.54) is 20.4 Å². The average molecular weight is 560 g/mol. The number of methoxy groups -OCH3 is 2. The van der Waals surface area contributed by atoms with Gasteiger partial charge >= 0.3 is 5.69 Å². The Morgan fingerprint density at radius 2 is 1.49 bits per heavy atom. The fourth-order valence-electron chi connectivity index (χ4n) is 6.08. The van der Waals surface area contributed by atoms with Crippen molar-refractivity contribution in [2.75, 3.05) is 26.6 Å². The van der Waals surface area contributed by atoms with E-state index in [0.717, 1.165) is 4.57 Å². The highest BCUT2D eigenvalue weighted by molar-refractivity contribution is 5.62. The van der Waals surface area contributed by atoms with E-state index in [1.807, 2.05) is 30.3 Å². The first kappa shape index (κ1) is 28.3. The lowest BCUT2D eigenvalue weighted by Gasteiger charge is -2.51. The second-order valence-electron chi connectivity index (χ2n) is 9.95. The van der Waals surface area contributed by atoms with Gasteiger partial charge in [-0.15, -0.1) is 0 Å². The van der Waals surface area contributed by atoms with Gasteiger partial charge in [-0.2, -0.15) is 4.98 Å². The van der Waals surface area contributed by atoms with Crippen molar-refractivity contribution in [3.05, 3.63) is 118 Å². The Morgan fingerprint density at radius 1 is 0.951 bits per heavy atom. The number of anilines is 1. The lowest BCUT2D eigenvalue weighted by Crippen LogP contribution is -2.64. The van der Waals surface area contributed by atoms with E-state index in [0.29, 0.717) is 33.8 Å². The molecule has 0 spiro atoms. The second-order valence-corrected chi connectivity index (χ2v) is 9.95. The van der Waals surface area contributed by atoms with Gasteiger partial charge in [-0.3, -0.25) is 4.57 Å². The van der Waals surface area contributed by atoms with Crippen molar-refractivity contribution in [2.45, 2.75) is 36.4 Å². The minimum atomic E-state index is -2.16. The quantitative estimate of drug-likeness (QED) is 0.238. The summed E-state index contributed by atoms with van der Waals surface area (Å²) in [7, 11) is 3.03. The van der Waals surface area contributed by atoms with Crippen LogP contribution < -0.4 is 20.9 Å². The first-order valence-electron chi connectivity index (χ1n) is 13.1. The maximum atomic E-state index is 13.9. The van der Waals surface area contributed by atoms with Crippen molar-refractivity contribution >= 4 is 5.82 Å². The molecular weight excluding hydrogens is 526 g/mol. The Hall–Kier alpha value is -4.22. The molecule has 0 aliphatic carbocycles. The molecule has 0 bridgehead atoms. The van der Waals surface area contributed by atoms with Crippen LogP contribution in [0.4, 0.5) is 5.82 Å². The summed E-state index contributed by atoms with van der Waals surface area (Å²) in [6, 6.07) is 23.5. The number of ether oxygens (including phenoxy) is 3. The van der Waals surface area contributed by atoms with Gasteiger partial charge in [0.25, 0.3) is 0 Å². The van der Waals surface area contributed by atoms with Crippen LogP contribution in [-0.4, -0.2) is 64.0 Å². The molecule has 1 aliphatic heterocycles. The Bertz CT molecular complexity index is 1540. The second kappa shape index (κ2) is 11.0. The van der Waals surface area contributed by atoms with E-state index >= 15 is 0 Å². The van der Waals surface area contributed by atoms with Crippen molar-refractivity contribution < 1.29 is 29.5 Å². The van der Waals surface area contributed by atoms with Crippen LogP contribution in [0.3, 0.4) is 0 Å². The SMILES string of the molecule is COc1ccccc1C(c1ccccc1)(c1ccccc1OC)[C@@]1(n2cc(C)c(N)nc2=O)O[C@H](CO)[C@@H](O)[C@H]1O. The summed E-state index contributed by atoms with van der Waals surface area (Å²) in [6.45, 7) is 1.03. The number of hydrogen-bond donors (Lipinski definition) is 4. The maximum absolute atomic E-state index is 13.9. The molecule has 3 aromatic carbocycles. The Balaban J connectivity index is 2.12. The van der Waals surface area contributed by atoms with Crippen LogP contribution in [0.2, 0.25) is 0 Å². The fraction of sp³-hybridized carbons (Fsp3) is 0.290. The molecular formula is C31H33N3O7. The van der Waals surface area contributed by atoms with Crippen LogP contribution in [0.1, 0.15) is 22.3 Å². The predicted molar refractivity (Wildman–Crippen MR) is 152 cm³/mol. The number of aromatic nitrogens is 2. The third kappa shape index (κ3) is 4.10. The minimum absolute atomic E-state index is 0.00744. The van der Waals surface area contributed by atoms with Crippen molar-refractivity contribution in [3.8, 4) is 11.5 Å². The largest absolute Gasteiger partial charge is 0.496 e. The zero-order valence-electron chi connectivity index (χ0n) is 23.0. The molecule has 1 aliphatic rings. The molecule has 0 saturated carbocycles. The third-order valence-corrected chi connectivity index (χ3v) is 7.89. The molecule has 41 heavy (non-hydrogen) atoms. The van der Waals surface area contributed by atoms with Gasteiger partial charge in [-0.1, -0.05) is 66.7 Å². The zero-order chi connectivity index (χ0) is 29.4. The predicted octanol–water partition coefficient (Wildman–Crippen LogP) is 1.95. The smallest absolute Gasteiger partial charge is 0.351 e. The van der Waals surface area contributed by atoms with E-state index < -0.39 is 41.7 Å². The molecule has 1 aromatic heterocycles. The molecule has 10 nitrogen and oxygen atoms in total. The summed E-state index contributed by atoms with van der Waals surface area (Å²) < 4.78 is 19.6. The summed E-state index contributed by atoms with van der Waals surface area (Å²) in [6.07, 6.45) is -3.21. The number of aliphatic hydroxyl groups is 3. The molecule has 1 fully saturated rings. The zero-order valence-corrected chi connectivity index (χ0v) is 23.0. The van der Waals surface area contributed by atoms with Crippen LogP contribution in [0.5, 0.6) is 11.5 Å². The Morgan fingerprint density at radius 3 is 2.00 bits per heavy atom. The van der Waals surface area contributed by atoms with Gasteiger partial charge < -0.3 is 35.3 Å². The lowest BCUT2D eigenvalue weighted by atomic mass is 9.60. The molecule has 4 atom stereocenters. The first-order valence-corrected chi connectivity index (χ1v) is 13.1. The van der Waals surface area contributed by atoms with Crippen LogP contribution >= 0.6 is 0 Å². The monoisotopic (exact) mass is 559 g/mol. The summed E-state index contributed by atoms with van der Waals surface area (Å²) >= 11 is 0. The number of benzene rings is 3.